The number of imidazole rings is 1. The Morgan fingerprint density at radius 1 is 1.15 bits per heavy atom. The summed E-state index contributed by atoms with van der Waals surface area (Å²) in [4.78, 5) is 27.0. The normalized spacial score (nSPS) is 15.5. The van der Waals surface area contributed by atoms with Gasteiger partial charge in [-0.25, -0.2) is 9.97 Å². The summed E-state index contributed by atoms with van der Waals surface area (Å²) in [5.74, 6) is 0.850. The molecule has 164 valence electrons. The fourth-order valence-corrected chi connectivity index (χ4v) is 4.08. The van der Waals surface area contributed by atoms with Gasteiger partial charge < -0.3 is 23.5 Å². The summed E-state index contributed by atoms with van der Waals surface area (Å²) < 4.78 is 16.9. The highest BCUT2D eigenvalue weighted by atomic mass is 16.5. The number of carbonyl (C=O) groups excluding carboxylic acids is 1. The Hall–Kier alpha value is -4.47. The summed E-state index contributed by atoms with van der Waals surface area (Å²) in [5.41, 5.74) is 2.90. The first-order chi connectivity index (χ1) is 16.2. The summed E-state index contributed by atoms with van der Waals surface area (Å²) >= 11 is 0. The smallest absolute Gasteiger partial charge is 0.312 e. The molecule has 6 rings (SSSR count). The van der Waals surface area contributed by atoms with E-state index in [9.17, 15) is 4.79 Å². The lowest BCUT2D eigenvalue weighted by Crippen LogP contribution is -2.40. The van der Waals surface area contributed by atoms with E-state index >= 15 is 0 Å². The number of amides is 1. The molecule has 0 aliphatic carbocycles. The van der Waals surface area contributed by atoms with E-state index in [2.05, 4.69) is 25.1 Å². The van der Waals surface area contributed by atoms with Gasteiger partial charge in [-0.05, 0) is 24.3 Å². The van der Waals surface area contributed by atoms with Crippen molar-refractivity contribution in [1.29, 1.82) is 0 Å². The SMILES string of the molecule is COc1ccc(-c2nnc(C(=O)N3CCc4[nH]cnc4[C@H]3c3cc4ccccc4o3)o2)nc1. The number of nitrogens with zero attached hydrogens (tertiary/aromatic N) is 5. The quantitative estimate of drug-likeness (QED) is 0.449. The van der Waals surface area contributed by atoms with Crippen molar-refractivity contribution in [2.45, 2.75) is 12.5 Å². The van der Waals surface area contributed by atoms with Crippen molar-refractivity contribution in [3.63, 3.8) is 0 Å². The molecule has 0 radical (unpaired) electrons. The number of hydrogen-bond donors (Lipinski definition) is 1. The van der Waals surface area contributed by atoms with Gasteiger partial charge in [0.15, 0.2) is 0 Å². The number of fused-ring (bicyclic) bond motifs is 2. The molecular weight excluding hydrogens is 424 g/mol. The Morgan fingerprint density at radius 3 is 2.88 bits per heavy atom. The van der Waals surface area contributed by atoms with Crippen LogP contribution in [0.1, 0.15) is 33.9 Å². The second kappa shape index (κ2) is 7.59. The number of rotatable bonds is 4. The first-order valence-corrected chi connectivity index (χ1v) is 10.4. The third-order valence-corrected chi connectivity index (χ3v) is 5.70. The van der Waals surface area contributed by atoms with Crippen molar-refractivity contribution in [1.82, 2.24) is 30.0 Å². The summed E-state index contributed by atoms with van der Waals surface area (Å²) in [6.07, 6.45) is 3.80. The zero-order chi connectivity index (χ0) is 22.4. The number of H-pyrrole nitrogens is 1. The lowest BCUT2D eigenvalue weighted by molar-refractivity contribution is 0.0632. The predicted octanol–water partition coefficient (Wildman–Crippen LogP) is 3.40. The van der Waals surface area contributed by atoms with E-state index < -0.39 is 11.9 Å². The molecule has 0 saturated carbocycles. The standard InChI is InChI=1S/C23H18N6O4/c1-31-14-6-7-16(24-11-14)21-27-28-22(33-21)23(30)29-9-8-15-19(26-12-25-15)20(29)18-10-13-4-2-3-5-17(13)32-18/h2-7,10-12,20H,8-9H2,1H3,(H,25,26)/t20-/m1/s1. The van der Waals surface area contributed by atoms with Crippen LogP contribution in [-0.2, 0) is 6.42 Å². The van der Waals surface area contributed by atoms with Gasteiger partial charge in [-0.15, -0.1) is 10.2 Å². The van der Waals surface area contributed by atoms with Gasteiger partial charge in [0.05, 0.1) is 25.3 Å². The number of methoxy groups -OCH3 is 1. The van der Waals surface area contributed by atoms with E-state index in [0.29, 0.717) is 30.2 Å². The van der Waals surface area contributed by atoms with Crippen LogP contribution in [0.4, 0.5) is 0 Å². The molecule has 1 aliphatic rings. The molecular formula is C23H18N6O4. The first-order valence-electron chi connectivity index (χ1n) is 10.4. The molecule has 10 heteroatoms. The number of aromatic amines is 1. The molecule has 0 saturated heterocycles. The summed E-state index contributed by atoms with van der Waals surface area (Å²) in [6, 6.07) is 12.6. The average molecular weight is 442 g/mol. The van der Waals surface area contributed by atoms with Crippen LogP contribution < -0.4 is 4.74 Å². The van der Waals surface area contributed by atoms with Crippen LogP contribution in [0.3, 0.4) is 0 Å². The molecule has 0 fully saturated rings. The second-order valence-electron chi connectivity index (χ2n) is 7.60. The number of pyridine rings is 1. The van der Waals surface area contributed by atoms with Gasteiger partial charge in [-0.2, -0.15) is 0 Å². The van der Waals surface area contributed by atoms with Crippen LogP contribution in [0.2, 0.25) is 0 Å². The third-order valence-electron chi connectivity index (χ3n) is 5.70. The number of furan rings is 1. The molecule has 1 amide bonds. The van der Waals surface area contributed by atoms with E-state index in [4.69, 9.17) is 13.6 Å². The van der Waals surface area contributed by atoms with Crippen LogP contribution in [0.25, 0.3) is 22.6 Å². The van der Waals surface area contributed by atoms with Gasteiger partial charge in [0.25, 0.3) is 5.89 Å². The second-order valence-corrected chi connectivity index (χ2v) is 7.60. The van der Waals surface area contributed by atoms with E-state index in [1.54, 1.807) is 36.7 Å². The Labute approximate surface area is 187 Å². The molecule has 0 spiro atoms. The fourth-order valence-electron chi connectivity index (χ4n) is 4.08. The number of aromatic nitrogens is 5. The zero-order valence-corrected chi connectivity index (χ0v) is 17.6. The summed E-state index contributed by atoms with van der Waals surface area (Å²) in [6.45, 7) is 0.439. The zero-order valence-electron chi connectivity index (χ0n) is 17.6. The van der Waals surface area contributed by atoms with E-state index in [-0.39, 0.29) is 11.8 Å². The van der Waals surface area contributed by atoms with Crippen LogP contribution in [-0.4, -0.2) is 49.6 Å². The lowest BCUT2D eigenvalue weighted by Gasteiger charge is -2.32. The van der Waals surface area contributed by atoms with Crippen LogP contribution in [0, 0.1) is 0 Å². The van der Waals surface area contributed by atoms with Crippen molar-refractivity contribution < 1.29 is 18.4 Å². The molecule has 1 atom stereocenters. The molecule has 4 aromatic heterocycles. The summed E-state index contributed by atoms with van der Waals surface area (Å²) in [7, 11) is 1.56. The van der Waals surface area contributed by atoms with Crippen molar-refractivity contribution >= 4 is 16.9 Å². The predicted molar refractivity (Wildman–Crippen MR) is 115 cm³/mol. The van der Waals surface area contributed by atoms with Crippen LogP contribution in [0.15, 0.2) is 63.8 Å². The minimum atomic E-state index is -0.519. The number of carbonyl (C=O) groups is 1. The topological polar surface area (TPSA) is 123 Å². The summed E-state index contributed by atoms with van der Waals surface area (Å²) in [5, 5.41) is 8.95. The van der Waals surface area contributed by atoms with Gasteiger partial charge in [0.2, 0.25) is 0 Å². The van der Waals surface area contributed by atoms with E-state index in [1.165, 1.54) is 0 Å². The number of para-hydroxylation sites is 1. The van der Waals surface area contributed by atoms with E-state index in [1.807, 2.05) is 30.3 Å². The minimum Gasteiger partial charge on any atom is -0.495 e. The van der Waals surface area contributed by atoms with Gasteiger partial charge in [-0.3, -0.25) is 4.79 Å². The highest BCUT2D eigenvalue weighted by molar-refractivity contribution is 5.90. The minimum absolute atomic E-state index is 0.122. The molecule has 0 bridgehead atoms. The highest BCUT2D eigenvalue weighted by Crippen LogP contribution is 2.37. The molecule has 1 N–H and O–H groups in total. The van der Waals surface area contributed by atoms with Gasteiger partial charge in [0, 0.05) is 24.0 Å². The maximum atomic E-state index is 13.5. The number of hydrogen-bond acceptors (Lipinski definition) is 8. The third kappa shape index (κ3) is 3.23. The molecule has 1 aliphatic heterocycles. The van der Waals surface area contributed by atoms with Crippen molar-refractivity contribution in [2.24, 2.45) is 0 Å². The van der Waals surface area contributed by atoms with Crippen molar-refractivity contribution in [2.75, 3.05) is 13.7 Å². The van der Waals surface area contributed by atoms with Crippen molar-refractivity contribution in [3.8, 4) is 17.3 Å². The number of benzene rings is 1. The largest absolute Gasteiger partial charge is 0.495 e. The van der Waals surface area contributed by atoms with Crippen LogP contribution >= 0.6 is 0 Å². The number of ether oxygens (including phenoxy) is 1. The first kappa shape index (κ1) is 19.2. The Bertz CT molecular complexity index is 1420. The molecule has 1 aromatic carbocycles. The fraction of sp³-hybridized carbons (Fsp3) is 0.174. The average Bonchev–Trinajstić information content (AvgIpc) is 3.62. The van der Waals surface area contributed by atoms with Crippen molar-refractivity contribution in [3.05, 3.63) is 78.0 Å². The molecule has 33 heavy (non-hydrogen) atoms. The van der Waals surface area contributed by atoms with Gasteiger partial charge in [-0.1, -0.05) is 18.2 Å². The molecule has 5 heterocycles. The maximum Gasteiger partial charge on any atom is 0.312 e. The van der Waals surface area contributed by atoms with Gasteiger partial charge in [0.1, 0.15) is 28.8 Å². The Balaban J connectivity index is 1.36. The molecule has 10 nitrogen and oxygen atoms in total. The van der Waals surface area contributed by atoms with E-state index in [0.717, 1.165) is 22.4 Å². The van der Waals surface area contributed by atoms with Crippen LogP contribution in [0.5, 0.6) is 5.75 Å². The molecule has 5 aromatic rings. The highest BCUT2D eigenvalue weighted by Gasteiger charge is 2.38. The Morgan fingerprint density at radius 2 is 2.06 bits per heavy atom. The maximum absolute atomic E-state index is 13.5. The molecule has 0 unspecified atom stereocenters. The number of nitrogens with one attached hydrogen (secondary N) is 1. The Kier molecular flexibility index (Phi) is 4.42. The lowest BCUT2D eigenvalue weighted by atomic mass is 10.00. The monoisotopic (exact) mass is 442 g/mol. The van der Waals surface area contributed by atoms with Gasteiger partial charge >= 0.3 is 11.8 Å².